The van der Waals surface area contributed by atoms with Crippen LogP contribution in [0.1, 0.15) is 12.6 Å². The van der Waals surface area contributed by atoms with Gasteiger partial charge in [-0.05, 0) is 55.5 Å². The molecule has 156 valence electrons. The van der Waals surface area contributed by atoms with Crippen molar-refractivity contribution in [1.82, 2.24) is 9.88 Å². The number of rotatable bonds is 6. The van der Waals surface area contributed by atoms with Crippen molar-refractivity contribution < 1.29 is 14.5 Å². The van der Waals surface area contributed by atoms with Crippen molar-refractivity contribution >= 4 is 40.7 Å². The number of nitrogens with zero attached hydrogens (tertiary/aromatic N) is 3. The van der Waals surface area contributed by atoms with E-state index in [1.165, 1.54) is 17.0 Å². The van der Waals surface area contributed by atoms with E-state index in [0.29, 0.717) is 35.1 Å². The van der Waals surface area contributed by atoms with Gasteiger partial charge in [0.15, 0.2) is 5.11 Å². The Bertz CT molecular complexity index is 1220. The Balaban J connectivity index is 1.69. The number of ether oxygens (including phenoxy) is 1. The molecule has 1 aliphatic heterocycles. The first kappa shape index (κ1) is 20.3. The molecule has 31 heavy (non-hydrogen) atoms. The number of thiocarbonyl (C=S) groups is 1. The molecule has 2 heterocycles. The van der Waals surface area contributed by atoms with Gasteiger partial charge in [-0.1, -0.05) is 18.2 Å². The standard InChI is InChI=1S/C22H18N4O4S/c1-2-30-20-11-4-3-10-19(20)25-21(27)18(23-22(25)31)14-16-9-6-12-24(16)15-7-5-8-17(13-15)26(28)29/h3-14H,2H2,1H3,(H,23,31)/b18-14+. The number of nitro groups is 1. The highest BCUT2D eigenvalue weighted by Gasteiger charge is 2.33. The predicted octanol–water partition coefficient (Wildman–Crippen LogP) is 4.05. The summed E-state index contributed by atoms with van der Waals surface area (Å²) in [6.45, 7) is 2.32. The number of anilines is 1. The number of nitro benzene ring substituents is 1. The van der Waals surface area contributed by atoms with Crippen molar-refractivity contribution in [1.29, 1.82) is 0 Å². The van der Waals surface area contributed by atoms with Crippen LogP contribution in [0, 0.1) is 10.1 Å². The largest absolute Gasteiger partial charge is 0.492 e. The average molecular weight is 434 g/mol. The van der Waals surface area contributed by atoms with E-state index in [9.17, 15) is 14.9 Å². The van der Waals surface area contributed by atoms with Crippen molar-refractivity contribution in [2.24, 2.45) is 0 Å². The molecule has 0 radical (unpaired) electrons. The predicted molar refractivity (Wildman–Crippen MR) is 121 cm³/mol. The highest BCUT2D eigenvalue weighted by Crippen LogP contribution is 2.32. The third kappa shape index (κ3) is 3.90. The second-order valence-corrected chi connectivity index (χ2v) is 7.00. The van der Waals surface area contributed by atoms with Gasteiger partial charge in [0.05, 0.1) is 22.9 Å². The number of hydrogen-bond donors (Lipinski definition) is 1. The van der Waals surface area contributed by atoms with Gasteiger partial charge in [-0.2, -0.15) is 0 Å². The molecule has 1 aromatic heterocycles. The molecule has 8 nitrogen and oxygen atoms in total. The van der Waals surface area contributed by atoms with E-state index < -0.39 is 4.92 Å². The van der Waals surface area contributed by atoms with Gasteiger partial charge >= 0.3 is 0 Å². The smallest absolute Gasteiger partial charge is 0.281 e. The molecular weight excluding hydrogens is 416 g/mol. The van der Waals surface area contributed by atoms with Gasteiger partial charge in [-0.3, -0.25) is 14.9 Å². The van der Waals surface area contributed by atoms with Gasteiger partial charge in [0.2, 0.25) is 0 Å². The van der Waals surface area contributed by atoms with Crippen LogP contribution in [0.4, 0.5) is 11.4 Å². The van der Waals surface area contributed by atoms with Crippen molar-refractivity contribution in [2.75, 3.05) is 11.5 Å². The highest BCUT2D eigenvalue weighted by molar-refractivity contribution is 7.80. The summed E-state index contributed by atoms with van der Waals surface area (Å²) in [5.41, 5.74) is 2.11. The van der Waals surface area contributed by atoms with Crippen LogP contribution in [0.5, 0.6) is 5.75 Å². The van der Waals surface area contributed by atoms with Gasteiger partial charge in [0.1, 0.15) is 11.4 Å². The van der Waals surface area contributed by atoms with Crippen molar-refractivity contribution in [3.05, 3.63) is 88.4 Å². The first-order chi connectivity index (χ1) is 15.0. The minimum absolute atomic E-state index is 0.0141. The van der Waals surface area contributed by atoms with Crippen LogP contribution in [0.3, 0.4) is 0 Å². The number of benzene rings is 2. The number of para-hydroxylation sites is 2. The Morgan fingerprint density at radius 1 is 1.16 bits per heavy atom. The summed E-state index contributed by atoms with van der Waals surface area (Å²) in [5, 5.41) is 14.3. The molecule has 0 spiro atoms. The minimum atomic E-state index is -0.445. The molecule has 0 aliphatic carbocycles. The van der Waals surface area contributed by atoms with Gasteiger partial charge in [-0.25, -0.2) is 4.90 Å². The molecule has 0 saturated carbocycles. The zero-order valence-corrected chi connectivity index (χ0v) is 17.3. The number of carbonyl (C=O) groups excluding carboxylic acids is 1. The number of hydrogen-bond acceptors (Lipinski definition) is 5. The van der Waals surface area contributed by atoms with E-state index in [-0.39, 0.29) is 16.7 Å². The van der Waals surface area contributed by atoms with E-state index in [2.05, 4.69) is 5.32 Å². The molecule has 9 heteroatoms. The van der Waals surface area contributed by atoms with Crippen LogP contribution in [0.25, 0.3) is 11.8 Å². The van der Waals surface area contributed by atoms with Crippen LogP contribution in [0.15, 0.2) is 72.6 Å². The van der Waals surface area contributed by atoms with Gasteiger partial charge in [0.25, 0.3) is 11.6 Å². The lowest BCUT2D eigenvalue weighted by atomic mass is 10.2. The average Bonchev–Trinajstić information content (AvgIpc) is 3.33. The van der Waals surface area contributed by atoms with Crippen LogP contribution >= 0.6 is 12.2 Å². The third-order valence-corrected chi connectivity index (χ3v) is 4.96. The normalized spacial score (nSPS) is 14.7. The Morgan fingerprint density at radius 3 is 2.74 bits per heavy atom. The zero-order valence-electron chi connectivity index (χ0n) is 16.5. The fraction of sp³-hybridized carbons (Fsp3) is 0.0909. The Hall–Kier alpha value is -3.98. The zero-order chi connectivity index (χ0) is 22.0. The molecule has 4 rings (SSSR count). The molecule has 1 N–H and O–H groups in total. The molecule has 0 bridgehead atoms. The van der Waals surface area contributed by atoms with Crippen molar-refractivity contribution in [3.8, 4) is 11.4 Å². The lowest BCUT2D eigenvalue weighted by molar-refractivity contribution is -0.384. The van der Waals surface area contributed by atoms with E-state index in [4.69, 9.17) is 17.0 Å². The van der Waals surface area contributed by atoms with Crippen LogP contribution < -0.4 is 15.0 Å². The Labute approximate surface area is 183 Å². The van der Waals surface area contributed by atoms with Crippen molar-refractivity contribution in [3.63, 3.8) is 0 Å². The number of non-ortho nitro benzene ring substituents is 1. The maximum absolute atomic E-state index is 13.1. The van der Waals surface area contributed by atoms with Crippen LogP contribution in [0.2, 0.25) is 0 Å². The summed E-state index contributed by atoms with van der Waals surface area (Å²) < 4.78 is 7.39. The molecule has 1 aliphatic rings. The maximum Gasteiger partial charge on any atom is 0.281 e. The van der Waals surface area contributed by atoms with Crippen LogP contribution in [-0.4, -0.2) is 27.1 Å². The topological polar surface area (TPSA) is 89.6 Å². The van der Waals surface area contributed by atoms with Crippen molar-refractivity contribution in [2.45, 2.75) is 6.92 Å². The van der Waals surface area contributed by atoms with Gasteiger partial charge < -0.3 is 14.6 Å². The SMILES string of the molecule is CCOc1ccccc1N1C(=O)/C(=C\c2cccn2-c2cccc([N+](=O)[O-])c2)NC1=S. The molecule has 1 amide bonds. The molecule has 0 atom stereocenters. The Morgan fingerprint density at radius 2 is 1.97 bits per heavy atom. The fourth-order valence-electron chi connectivity index (χ4n) is 3.32. The summed E-state index contributed by atoms with van der Waals surface area (Å²) in [6, 6.07) is 17.1. The minimum Gasteiger partial charge on any atom is -0.492 e. The Kier molecular flexibility index (Phi) is 5.50. The summed E-state index contributed by atoms with van der Waals surface area (Å²) in [5.74, 6) is 0.243. The van der Waals surface area contributed by atoms with Gasteiger partial charge in [-0.15, -0.1) is 0 Å². The third-order valence-electron chi connectivity index (χ3n) is 4.68. The van der Waals surface area contributed by atoms with E-state index in [1.54, 1.807) is 53.2 Å². The lowest BCUT2D eigenvalue weighted by Crippen LogP contribution is -2.30. The monoisotopic (exact) mass is 434 g/mol. The number of amides is 1. The number of nitrogens with one attached hydrogen (secondary N) is 1. The molecular formula is C22H18N4O4S. The first-order valence-corrected chi connectivity index (χ1v) is 9.91. The highest BCUT2D eigenvalue weighted by atomic mass is 32.1. The fourth-order valence-corrected chi connectivity index (χ4v) is 3.62. The number of aromatic nitrogens is 1. The molecule has 1 fully saturated rings. The molecule has 0 unspecified atom stereocenters. The summed E-state index contributed by atoms with van der Waals surface area (Å²) >= 11 is 5.40. The number of carbonyl (C=O) groups is 1. The molecule has 3 aromatic rings. The van der Waals surface area contributed by atoms with E-state index >= 15 is 0 Å². The first-order valence-electron chi connectivity index (χ1n) is 9.50. The molecule has 1 saturated heterocycles. The summed E-state index contributed by atoms with van der Waals surface area (Å²) in [6.07, 6.45) is 3.43. The lowest BCUT2D eigenvalue weighted by Gasteiger charge is -2.17. The van der Waals surface area contributed by atoms with Crippen LogP contribution in [-0.2, 0) is 4.79 Å². The molecule has 2 aromatic carbocycles. The second kappa shape index (κ2) is 8.41. The summed E-state index contributed by atoms with van der Waals surface area (Å²) in [7, 11) is 0. The maximum atomic E-state index is 13.1. The second-order valence-electron chi connectivity index (χ2n) is 6.61. The van der Waals surface area contributed by atoms with E-state index in [0.717, 1.165) is 0 Å². The summed E-state index contributed by atoms with van der Waals surface area (Å²) in [4.78, 5) is 25.2. The van der Waals surface area contributed by atoms with E-state index in [1.807, 2.05) is 19.1 Å². The quantitative estimate of drug-likeness (QED) is 0.273. The van der Waals surface area contributed by atoms with Gasteiger partial charge in [0, 0.05) is 24.0 Å².